The van der Waals surface area contributed by atoms with Crippen molar-refractivity contribution >= 4 is 10.9 Å². The number of pyridine rings is 1. The van der Waals surface area contributed by atoms with Gasteiger partial charge in [0.1, 0.15) is 5.75 Å². The number of hydrogen-bond donors (Lipinski definition) is 3. The van der Waals surface area contributed by atoms with Gasteiger partial charge in [0.05, 0.1) is 5.52 Å². The van der Waals surface area contributed by atoms with Crippen LogP contribution in [0.1, 0.15) is 32.8 Å². The lowest BCUT2D eigenvalue weighted by Gasteiger charge is -2.09. The minimum absolute atomic E-state index is 0.104. The zero-order valence-corrected chi connectivity index (χ0v) is 17.0. The number of aromatic amines is 1. The van der Waals surface area contributed by atoms with Crippen LogP contribution in [0.2, 0.25) is 0 Å². The molecule has 1 aromatic carbocycles. The van der Waals surface area contributed by atoms with Gasteiger partial charge in [0.15, 0.2) is 0 Å². The van der Waals surface area contributed by atoms with Crippen molar-refractivity contribution in [3.8, 4) is 5.75 Å². The van der Waals surface area contributed by atoms with Gasteiger partial charge in [-0.25, -0.2) is 0 Å². The summed E-state index contributed by atoms with van der Waals surface area (Å²) in [4.78, 5) is 14.2. The molecule has 4 nitrogen and oxygen atoms in total. The Morgan fingerprint density at radius 3 is 2.71 bits per heavy atom. The summed E-state index contributed by atoms with van der Waals surface area (Å²) in [6.45, 7) is 7.87. The maximum atomic E-state index is 11.5. The van der Waals surface area contributed by atoms with Gasteiger partial charge in [0.2, 0.25) is 5.56 Å². The smallest absolute Gasteiger partial charge is 0.248 e. The van der Waals surface area contributed by atoms with Gasteiger partial charge in [0.25, 0.3) is 0 Å². The number of aromatic hydroxyl groups is 1. The first kappa shape index (κ1) is 21.5. The molecule has 0 atom stereocenters. The molecule has 0 amide bonds. The molecule has 0 aliphatic heterocycles. The molecular formula is C24H30N2O2. The Hall–Kier alpha value is -2.85. The molecule has 0 spiro atoms. The lowest BCUT2D eigenvalue weighted by Crippen LogP contribution is -2.19. The largest absolute Gasteiger partial charge is 0.506 e. The summed E-state index contributed by atoms with van der Waals surface area (Å²) in [7, 11) is 0. The number of aromatic nitrogens is 1. The predicted octanol–water partition coefficient (Wildman–Crippen LogP) is 4.78. The topological polar surface area (TPSA) is 65.1 Å². The number of allylic oxidation sites excluding steroid dienone is 7. The fourth-order valence-corrected chi connectivity index (χ4v) is 3.10. The van der Waals surface area contributed by atoms with Crippen molar-refractivity contribution in [2.75, 3.05) is 13.1 Å². The highest BCUT2D eigenvalue weighted by Gasteiger charge is 2.06. The summed E-state index contributed by atoms with van der Waals surface area (Å²) in [5.74, 6) is 0.104. The fourth-order valence-electron chi connectivity index (χ4n) is 3.10. The second kappa shape index (κ2) is 11.1. The molecular weight excluding hydrogens is 348 g/mol. The molecule has 0 aliphatic carbocycles. The van der Waals surface area contributed by atoms with Crippen LogP contribution in [-0.4, -0.2) is 23.2 Å². The van der Waals surface area contributed by atoms with Crippen LogP contribution >= 0.6 is 0 Å². The molecule has 1 heterocycles. The minimum Gasteiger partial charge on any atom is -0.506 e. The zero-order valence-electron chi connectivity index (χ0n) is 17.0. The third-order valence-corrected chi connectivity index (χ3v) is 4.47. The van der Waals surface area contributed by atoms with Crippen molar-refractivity contribution in [2.45, 2.75) is 33.6 Å². The van der Waals surface area contributed by atoms with E-state index in [0.29, 0.717) is 5.52 Å². The first-order valence-electron chi connectivity index (χ1n) is 9.72. The Balaban J connectivity index is 1.93. The molecule has 1 aromatic heterocycles. The number of nitrogens with one attached hydrogen (secondary N) is 2. The second-order valence-electron chi connectivity index (χ2n) is 6.76. The first-order valence-corrected chi connectivity index (χ1v) is 9.72. The molecule has 0 saturated heterocycles. The predicted molar refractivity (Wildman–Crippen MR) is 119 cm³/mol. The van der Waals surface area contributed by atoms with Crippen molar-refractivity contribution in [1.29, 1.82) is 0 Å². The van der Waals surface area contributed by atoms with E-state index in [1.807, 2.05) is 32.1 Å². The Bertz CT molecular complexity index is 962. The quantitative estimate of drug-likeness (QED) is 0.434. The Morgan fingerprint density at radius 1 is 1.14 bits per heavy atom. The average Bonchev–Trinajstić information content (AvgIpc) is 2.68. The summed E-state index contributed by atoms with van der Waals surface area (Å²) in [6.07, 6.45) is 14.4. The van der Waals surface area contributed by atoms with Crippen LogP contribution in [0.25, 0.3) is 10.9 Å². The Kier molecular flexibility index (Phi) is 8.50. The third kappa shape index (κ3) is 6.39. The molecule has 0 aliphatic rings. The number of H-pyrrole nitrogens is 1. The van der Waals surface area contributed by atoms with Crippen molar-refractivity contribution in [2.24, 2.45) is 0 Å². The zero-order chi connectivity index (χ0) is 20.4. The molecule has 0 bridgehead atoms. The third-order valence-electron chi connectivity index (χ3n) is 4.47. The molecule has 0 unspecified atom stereocenters. The van der Waals surface area contributed by atoms with Gasteiger partial charge in [0, 0.05) is 11.5 Å². The molecule has 28 heavy (non-hydrogen) atoms. The van der Waals surface area contributed by atoms with E-state index < -0.39 is 0 Å². The molecule has 4 heteroatoms. The molecule has 0 saturated carbocycles. The van der Waals surface area contributed by atoms with Gasteiger partial charge in [-0.05, 0) is 70.0 Å². The van der Waals surface area contributed by atoms with E-state index in [1.165, 1.54) is 17.2 Å². The van der Waals surface area contributed by atoms with Gasteiger partial charge in [-0.3, -0.25) is 4.79 Å². The van der Waals surface area contributed by atoms with E-state index in [-0.39, 0.29) is 11.3 Å². The molecule has 0 fully saturated rings. The number of fused-ring (bicyclic) bond motifs is 1. The number of benzene rings is 1. The maximum Gasteiger partial charge on any atom is 0.248 e. The first-order chi connectivity index (χ1) is 13.5. The van der Waals surface area contributed by atoms with Crippen molar-refractivity contribution < 1.29 is 5.11 Å². The summed E-state index contributed by atoms with van der Waals surface area (Å²) < 4.78 is 0. The number of phenolic OH excluding ortho intramolecular Hbond substituents is 1. The van der Waals surface area contributed by atoms with Gasteiger partial charge >= 0.3 is 0 Å². The average molecular weight is 379 g/mol. The van der Waals surface area contributed by atoms with Gasteiger partial charge in [-0.2, -0.15) is 0 Å². The van der Waals surface area contributed by atoms with Gasteiger partial charge < -0.3 is 15.4 Å². The van der Waals surface area contributed by atoms with E-state index in [0.717, 1.165) is 36.9 Å². The summed E-state index contributed by atoms with van der Waals surface area (Å²) in [6, 6.07) is 6.82. The summed E-state index contributed by atoms with van der Waals surface area (Å²) in [5.41, 5.74) is 3.93. The van der Waals surface area contributed by atoms with Gasteiger partial charge in [-0.15, -0.1) is 0 Å². The fraction of sp³-hybridized carbons (Fsp3) is 0.292. The maximum absolute atomic E-state index is 11.5. The van der Waals surface area contributed by atoms with Crippen LogP contribution in [0.4, 0.5) is 0 Å². The van der Waals surface area contributed by atoms with Crippen molar-refractivity contribution in [3.05, 3.63) is 87.8 Å². The lowest BCUT2D eigenvalue weighted by molar-refractivity contribution is 0.480. The van der Waals surface area contributed by atoms with E-state index >= 15 is 0 Å². The van der Waals surface area contributed by atoms with Crippen LogP contribution in [0.5, 0.6) is 5.75 Å². The van der Waals surface area contributed by atoms with E-state index in [9.17, 15) is 9.90 Å². The lowest BCUT2D eigenvalue weighted by atomic mass is 10.0. The number of rotatable bonds is 9. The Morgan fingerprint density at radius 2 is 1.96 bits per heavy atom. The van der Waals surface area contributed by atoms with E-state index in [2.05, 4.69) is 41.5 Å². The highest BCUT2D eigenvalue weighted by Crippen LogP contribution is 2.24. The minimum atomic E-state index is -0.208. The number of phenols is 1. The SMILES string of the molecule is C\C=C/C(=C\C(C)=C/C=C/C)CCNCCc1ccc(O)c2[nH]c(=O)ccc12. The van der Waals surface area contributed by atoms with Crippen molar-refractivity contribution in [1.82, 2.24) is 10.3 Å². The van der Waals surface area contributed by atoms with Crippen LogP contribution in [0, 0.1) is 0 Å². The standard InChI is InChI=1S/C24H30N2O2/c1-4-6-8-18(3)17-19(7-5-2)13-15-25-16-14-20-9-11-22(27)24-21(20)10-12-23(28)26-24/h4-12,17,25,27H,13-16H2,1-3H3,(H,26,28)/b6-4+,7-5-,18-8-,19-17+. The van der Waals surface area contributed by atoms with E-state index in [1.54, 1.807) is 12.1 Å². The van der Waals surface area contributed by atoms with Crippen LogP contribution in [0.15, 0.2) is 76.7 Å². The Labute approximate surface area is 167 Å². The summed E-state index contributed by atoms with van der Waals surface area (Å²) in [5, 5.41) is 14.3. The molecule has 2 rings (SSSR count). The number of hydrogen-bond acceptors (Lipinski definition) is 3. The van der Waals surface area contributed by atoms with Crippen LogP contribution in [-0.2, 0) is 6.42 Å². The van der Waals surface area contributed by atoms with Crippen LogP contribution in [0.3, 0.4) is 0 Å². The van der Waals surface area contributed by atoms with Crippen LogP contribution < -0.4 is 10.9 Å². The summed E-state index contributed by atoms with van der Waals surface area (Å²) >= 11 is 0. The van der Waals surface area contributed by atoms with Crippen molar-refractivity contribution in [3.63, 3.8) is 0 Å². The second-order valence-corrected chi connectivity index (χ2v) is 6.76. The highest BCUT2D eigenvalue weighted by molar-refractivity contribution is 5.87. The normalized spacial score (nSPS) is 13.2. The molecule has 3 N–H and O–H groups in total. The van der Waals surface area contributed by atoms with Gasteiger partial charge in [-0.1, -0.05) is 48.1 Å². The molecule has 148 valence electrons. The highest BCUT2D eigenvalue weighted by atomic mass is 16.3. The molecule has 2 aromatic rings. The monoisotopic (exact) mass is 378 g/mol. The molecule has 0 radical (unpaired) electrons. The van der Waals surface area contributed by atoms with E-state index in [4.69, 9.17) is 0 Å².